The van der Waals surface area contributed by atoms with Crippen molar-refractivity contribution >= 4 is 34.8 Å². The van der Waals surface area contributed by atoms with Crippen molar-refractivity contribution in [1.29, 1.82) is 0 Å². The Morgan fingerprint density at radius 3 is 3.00 bits per heavy atom. The summed E-state index contributed by atoms with van der Waals surface area (Å²) in [5.74, 6) is -0.170. The Morgan fingerprint density at radius 1 is 1.40 bits per heavy atom. The van der Waals surface area contributed by atoms with Crippen LogP contribution in [0.15, 0.2) is 39.4 Å². The van der Waals surface area contributed by atoms with E-state index >= 15 is 0 Å². The zero-order valence-corrected chi connectivity index (χ0v) is 9.35. The number of carbonyl (C=O) groups excluding carboxylic acids is 1. The molecule has 2 aromatic rings. The fourth-order valence-electron chi connectivity index (χ4n) is 0.977. The molecule has 0 saturated carbocycles. The lowest BCUT2D eigenvalue weighted by molar-refractivity contribution is 0.0959. The molecular weight excluding hydrogens is 228 g/mol. The molecule has 1 amide bonds. The molecule has 0 aliphatic heterocycles. The van der Waals surface area contributed by atoms with Gasteiger partial charge in [-0.2, -0.15) is 16.4 Å². The minimum atomic E-state index is -0.170. The van der Waals surface area contributed by atoms with Gasteiger partial charge in [-0.1, -0.05) is 6.07 Å². The highest BCUT2D eigenvalue weighted by Crippen LogP contribution is 2.07. The SMILES string of the molecule is O=C(N/N=C\c1ccsc1)c1cccs1. The summed E-state index contributed by atoms with van der Waals surface area (Å²) in [6.07, 6.45) is 1.63. The Bertz CT molecular complexity index is 446. The largest absolute Gasteiger partial charge is 0.281 e. The van der Waals surface area contributed by atoms with Crippen molar-refractivity contribution < 1.29 is 4.79 Å². The van der Waals surface area contributed by atoms with E-state index in [0.29, 0.717) is 4.88 Å². The van der Waals surface area contributed by atoms with Crippen molar-refractivity contribution in [2.24, 2.45) is 5.10 Å². The Morgan fingerprint density at radius 2 is 2.33 bits per heavy atom. The number of carbonyl (C=O) groups is 1. The lowest BCUT2D eigenvalue weighted by Crippen LogP contribution is -2.15. The van der Waals surface area contributed by atoms with E-state index in [4.69, 9.17) is 0 Å². The molecule has 0 bridgehead atoms. The molecule has 2 rings (SSSR count). The van der Waals surface area contributed by atoms with E-state index in [1.807, 2.05) is 28.3 Å². The van der Waals surface area contributed by atoms with Gasteiger partial charge in [0.1, 0.15) is 0 Å². The second kappa shape index (κ2) is 4.86. The number of amides is 1. The van der Waals surface area contributed by atoms with Crippen molar-refractivity contribution in [3.63, 3.8) is 0 Å². The standard InChI is InChI=1S/C10H8N2OS2/c13-10(9-2-1-4-15-9)12-11-6-8-3-5-14-7-8/h1-7H,(H,12,13)/b11-6-. The average molecular weight is 236 g/mol. The normalized spacial score (nSPS) is 10.7. The average Bonchev–Trinajstić information content (AvgIpc) is 2.90. The number of nitrogens with zero attached hydrogens (tertiary/aromatic N) is 1. The number of hydrogen-bond acceptors (Lipinski definition) is 4. The van der Waals surface area contributed by atoms with E-state index < -0.39 is 0 Å². The predicted octanol–water partition coefficient (Wildman–Crippen LogP) is 2.57. The van der Waals surface area contributed by atoms with Gasteiger partial charge >= 0.3 is 0 Å². The van der Waals surface area contributed by atoms with Gasteiger partial charge in [0, 0.05) is 5.56 Å². The molecule has 2 heterocycles. The first-order valence-electron chi connectivity index (χ1n) is 4.25. The first-order valence-corrected chi connectivity index (χ1v) is 6.07. The van der Waals surface area contributed by atoms with Crippen LogP contribution in [0.2, 0.25) is 0 Å². The highest BCUT2D eigenvalue weighted by atomic mass is 32.1. The maximum atomic E-state index is 11.4. The fraction of sp³-hybridized carbons (Fsp3) is 0. The fourth-order valence-corrected chi connectivity index (χ4v) is 2.20. The number of thiophene rings is 2. The molecule has 0 unspecified atom stereocenters. The Hall–Kier alpha value is -1.46. The summed E-state index contributed by atoms with van der Waals surface area (Å²) in [5, 5.41) is 9.64. The smallest absolute Gasteiger partial charge is 0.266 e. The maximum absolute atomic E-state index is 11.4. The number of rotatable bonds is 3. The molecule has 0 fully saturated rings. The van der Waals surface area contributed by atoms with Crippen molar-refractivity contribution in [1.82, 2.24) is 5.43 Å². The third-order valence-electron chi connectivity index (χ3n) is 1.67. The Balaban J connectivity index is 1.91. The van der Waals surface area contributed by atoms with Gasteiger partial charge in [0.25, 0.3) is 5.91 Å². The van der Waals surface area contributed by atoms with E-state index in [1.165, 1.54) is 11.3 Å². The van der Waals surface area contributed by atoms with E-state index in [2.05, 4.69) is 10.5 Å². The van der Waals surface area contributed by atoms with Crippen LogP contribution < -0.4 is 5.43 Å². The first-order chi connectivity index (χ1) is 7.36. The van der Waals surface area contributed by atoms with Crippen LogP contribution in [0.1, 0.15) is 15.2 Å². The summed E-state index contributed by atoms with van der Waals surface area (Å²) in [7, 11) is 0. The number of nitrogens with one attached hydrogen (secondary N) is 1. The molecule has 2 aromatic heterocycles. The van der Waals surface area contributed by atoms with Crippen LogP contribution in [0.3, 0.4) is 0 Å². The van der Waals surface area contributed by atoms with Gasteiger partial charge in [-0.05, 0) is 28.3 Å². The van der Waals surface area contributed by atoms with Crippen LogP contribution >= 0.6 is 22.7 Å². The van der Waals surface area contributed by atoms with Crippen LogP contribution in [0.25, 0.3) is 0 Å². The molecule has 15 heavy (non-hydrogen) atoms. The third-order valence-corrected chi connectivity index (χ3v) is 3.24. The summed E-state index contributed by atoms with van der Waals surface area (Å²) in [6, 6.07) is 5.54. The van der Waals surface area contributed by atoms with Gasteiger partial charge in [-0.25, -0.2) is 5.43 Å². The number of hydrazone groups is 1. The maximum Gasteiger partial charge on any atom is 0.281 e. The molecule has 3 nitrogen and oxygen atoms in total. The minimum absolute atomic E-state index is 0.170. The first kappa shape index (κ1) is 10.1. The van der Waals surface area contributed by atoms with Crippen LogP contribution in [0, 0.1) is 0 Å². The molecule has 76 valence electrons. The highest BCUT2D eigenvalue weighted by molar-refractivity contribution is 7.12. The minimum Gasteiger partial charge on any atom is -0.266 e. The zero-order chi connectivity index (χ0) is 10.5. The number of hydrogen-bond donors (Lipinski definition) is 1. The van der Waals surface area contributed by atoms with Crippen molar-refractivity contribution in [3.8, 4) is 0 Å². The molecule has 0 aromatic carbocycles. The van der Waals surface area contributed by atoms with E-state index in [-0.39, 0.29) is 5.91 Å². The van der Waals surface area contributed by atoms with Crippen LogP contribution in [-0.2, 0) is 0 Å². The van der Waals surface area contributed by atoms with Gasteiger partial charge in [0.2, 0.25) is 0 Å². The lowest BCUT2D eigenvalue weighted by atomic mass is 10.4. The summed E-state index contributed by atoms with van der Waals surface area (Å²) in [4.78, 5) is 12.1. The molecule has 0 radical (unpaired) electrons. The van der Waals surface area contributed by atoms with Crippen LogP contribution in [-0.4, -0.2) is 12.1 Å². The predicted molar refractivity (Wildman–Crippen MR) is 63.7 cm³/mol. The molecule has 0 aliphatic rings. The third kappa shape index (κ3) is 2.74. The second-order valence-corrected chi connectivity index (χ2v) is 4.46. The molecule has 0 aliphatic carbocycles. The second-order valence-electron chi connectivity index (χ2n) is 2.73. The highest BCUT2D eigenvalue weighted by Gasteiger charge is 2.03. The summed E-state index contributed by atoms with van der Waals surface area (Å²) in [5.41, 5.74) is 3.46. The summed E-state index contributed by atoms with van der Waals surface area (Å²) < 4.78 is 0. The van der Waals surface area contributed by atoms with Crippen LogP contribution in [0.4, 0.5) is 0 Å². The monoisotopic (exact) mass is 236 g/mol. The van der Waals surface area contributed by atoms with Gasteiger partial charge in [0.05, 0.1) is 11.1 Å². The molecular formula is C10H8N2OS2. The topological polar surface area (TPSA) is 41.5 Å². The quantitative estimate of drug-likeness (QED) is 0.646. The Kier molecular flexibility index (Phi) is 3.26. The van der Waals surface area contributed by atoms with Gasteiger partial charge < -0.3 is 0 Å². The summed E-state index contributed by atoms with van der Waals surface area (Å²) in [6.45, 7) is 0. The molecule has 1 N–H and O–H groups in total. The van der Waals surface area contributed by atoms with Gasteiger partial charge in [-0.3, -0.25) is 4.79 Å². The van der Waals surface area contributed by atoms with E-state index in [9.17, 15) is 4.79 Å². The van der Waals surface area contributed by atoms with Crippen LogP contribution in [0.5, 0.6) is 0 Å². The molecule has 0 saturated heterocycles. The summed E-state index contributed by atoms with van der Waals surface area (Å²) >= 11 is 2.99. The Labute approximate surface area is 95.1 Å². The zero-order valence-electron chi connectivity index (χ0n) is 7.71. The van der Waals surface area contributed by atoms with Gasteiger partial charge in [0.15, 0.2) is 0 Å². The molecule has 0 spiro atoms. The van der Waals surface area contributed by atoms with Gasteiger partial charge in [-0.15, -0.1) is 11.3 Å². The van der Waals surface area contributed by atoms with Crippen molar-refractivity contribution in [2.45, 2.75) is 0 Å². The van der Waals surface area contributed by atoms with E-state index in [0.717, 1.165) is 5.56 Å². The lowest BCUT2D eigenvalue weighted by Gasteiger charge is -1.93. The van der Waals surface area contributed by atoms with Crippen molar-refractivity contribution in [3.05, 3.63) is 44.8 Å². The van der Waals surface area contributed by atoms with Crippen molar-refractivity contribution in [2.75, 3.05) is 0 Å². The van der Waals surface area contributed by atoms with E-state index in [1.54, 1.807) is 23.6 Å². The molecule has 0 atom stereocenters. The molecule has 5 heteroatoms.